The SMILES string of the molecule is COc1cc2c(c(OC)c1OC)-c1ccc(N[C@@H](C(=O)N[C@H](CCSC)C(=O)O)C(C)C)c(=O)cc1[C@H](NC(C)=O)CC2. The lowest BCUT2D eigenvalue weighted by Gasteiger charge is -2.24. The predicted molar refractivity (Wildman–Crippen MR) is 167 cm³/mol. The van der Waals surface area contributed by atoms with Crippen LogP contribution in [0.3, 0.4) is 0 Å². The van der Waals surface area contributed by atoms with Crippen LogP contribution in [0.2, 0.25) is 0 Å². The van der Waals surface area contributed by atoms with Gasteiger partial charge in [-0.1, -0.05) is 19.9 Å². The van der Waals surface area contributed by atoms with Gasteiger partial charge in [-0.15, -0.1) is 0 Å². The molecule has 11 nitrogen and oxygen atoms in total. The Labute approximate surface area is 256 Å². The van der Waals surface area contributed by atoms with Gasteiger partial charge in [-0.05, 0) is 72.1 Å². The van der Waals surface area contributed by atoms with E-state index in [0.717, 1.165) is 5.56 Å². The number of anilines is 1. The molecule has 0 aromatic heterocycles. The zero-order valence-electron chi connectivity index (χ0n) is 25.7. The number of amides is 2. The smallest absolute Gasteiger partial charge is 0.326 e. The molecule has 234 valence electrons. The minimum absolute atomic E-state index is 0.153. The number of benzene rings is 1. The minimum Gasteiger partial charge on any atom is -0.493 e. The third kappa shape index (κ3) is 7.73. The summed E-state index contributed by atoms with van der Waals surface area (Å²) in [5, 5.41) is 18.3. The fourth-order valence-electron chi connectivity index (χ4n) is 5.28. The topological polar surface area (TPSA) is 152 Å². The highest BCUT2D eigenvalue weighted by Crippen LogP contribution is 2.50. The van der Waals surface area contributed by atoms with Gasteiger partial charge in [0.1, 0.15) is 12.1 Å². The van der Waals surface area contributed by atoms with E-state index >= 15 is 0 Å². The molecule has 0 spiro atoms. The number of hydrogen-bond donors (Lipinski definition) is 4. The summed E-state index contributed by atoms with van der Waals surface area (Å²) in [6, 6.07) is 4.29. The summed E-state index contributed by atoms with van der Waals surface area (Å²) in [5.74, 6) is -0.268. The predicted octanol–water partition coefficient (Wildman–Crippen LogP) is 3.62. The van der Waals surface area contributed by atoms with Crippen molar-refractivity contribution >= 4 is 35.2 Å². The molecule has 0 saturated heterocycles. The largest absolute Gasteiger partial charge is 0.493 e. The zero-order chi connectivity index (χ0) is 31.8. The highest BCUT2D eigenvalue weighted by molar-refractivity contribution is 7.98. The molecule has 2 aromatic carbocycles. The zero-order valence-corrected chi connectivity index (χ0v) is 26.5. The number of carboxylic acid groups (broad SMARTS) is 1. The summed E-state index contributed by atoms with van der Waals surface area (Å²) in [6.45, 7) is 5.05. The highest BCUT2D eigenvalue weighted by atomic mass is 32.2. The molecule has 0 aliphatic heterocycles. The number of carbonyl (C=O) groups excluding carboxylic acids is 2. The average Bonchev–Trinajstić information content (AvgIpc) is 3.20. The van der Waals surface area contributed by atoms with E-state index in [1.54, 1.807) is 19.2 Å². The molecular weight excluding hydrogens is 574 g/mol. The van der Waals surface area contributed by atoms with E-state index in [-0.39, 0.29) is 23.9 Å². The van der Waals surface area contributed by atoms with Crippen molar-refractivity contribution in [1.29, 1.82) is 0 Å². The molecular formula is C31H41N3O8S. The van der Waals surface area contributed by atoms with Crippen LogP contribution in [-0.2, 0) is 20.8 Å². The van der Waals surface area contributed by atoms with Gasteiger partial charge in [-0.2, -0.15) is 11.8 Å². The number of fused-ring (bicyclic) bond motifs is 3. The lowest BCUT2D eigenvalue weighted by atomic mass is 9.95. The number of rotatable bonds is 13. The molecule has 1 aliphatic carbocycles. The van der Waals surface area contributed by atoms with Crippen molar-refractivity contribution in [3.8, 4) is 28.4 Å². The Morgan fingerprint density at radius 1 is 1.07 bits per heavy atom. The molecule has 0 radical (unpaired) electrons. The van der Waals surface area contributed by atoms with Gasteiger partial charge in [0.2, 0.25) is 23.0 Å². The van der Waals surface area contributed by atoms with Crippen molar-refractivity contribution in [2.75, 3.05) is 38.7 Å². The second kappa shape index (κ2) is 15.0. The normalized spacial score (nSPS) is 15.2. The highest BCUT2D eigenvalue weighted by Gasteiger charge is 2.31. The van der Waals surface area contributed by atoms with Crippen LogP contribution in [0.4, 0.5) is 5.69 Å². The van der Waals surface area contributed by atoms with Gasteiger partial charge in [0.05, 0.1) is 33.1 Å². The summed E-state index contributed by atoms with van der Waals surface area (Å²) in [5.41, 5.74) is 2.60. The molecule has 0 heterocycles. The fourth-order valence-corrected chi connectivity index (χ4v) is 5.76. The Balaban J connectivity index is 2.17. The number of carboxylic acids is 1. The lowest BCUT2D eigenvalue weighted by molar-refractivity contribution is -0.142. The van der Waals surface area contributed by atoms with Crippen LogP contribution in [0.25, 0.3) is 11.1 Å². The second-order valence-corrected chi connectivity index (χ2v) is 11.6. The fraction of sp³-hybridized carbons (Fsp3) is 0.484. The van der Waals surface area contributed by atoms with Crippen molar-refractivity contribution in [3.63, 3.8) is 0 Å². The van der Waals surface area contributed by atoms with Gasteiger partial charge in [0, 0.05) is 12.5 Å². The Kier molecular flexibility index (Phi) is 11.7. The molecule has 4 N–H and O–H groups in total. The Morgan fingerprint density at radius 3 is 2.33 bits per heavy atom. The first-order valence-electron chi connectivity index (χ1n) is 14.0. The van der Waals surface area contributed by atoms with Gasteiger partial charge in [0.25, 0.3) is 0 Å². The van der Waals surface area contributed by atoms with Crippen LogP contribution in [0.5, 0.6) is 17.2 Å². The Morgan fingerprint density at radius 2 is 1.77 bits per heavy atom. The summed E-state index contributed by atoms with van der Waals surface area (Å²) < 4.78 is 17.0. The maximum atomic E-state index is 13.7. The van der Waals surface area contributed by atoms with Crippen LogP contribution in [0.15, 0.2) is 29.1 Å². The van der Waals surface area contributed by atoms with Gasteiger partial charge < -0.3 is 35.3 Å². The number of methoxy groups -OCH3 is 3. The molecule has 0 fully saturated rings. The molecule has 2 aromatic rings. The minimum atomic E-state index is -1.12. The summed E-state index contributed by atoms with van der Waals surface area (Å²) >= 11 is 1.49. The monoisotopic (exact) mass is 615 g/mol. The molecule has 3 atom stereocenters. The van der Waals surface area contributed by atoms with Gasteiger partial charge in [0.15, 0.2) is 11.5 Å². The first-order valence-corrected chi connectivity index (χ1v) is 15.4. The van der Waals surface area contributed by atoms with E-state index in [1.165, 1.54) is 39.0 Å². The quantitative estimate of drug-likeness (QED) is 0.263. The number of carbonyl (C=O) groups is 3. The molecule has 12 heteroatoms. The van der Waals surface area contributed by atoms with Crippen LogP contribution in [-0.4, -0.2) is 68.3 Å². The number of aryl methyl sites for hydroxylation is 1. The third-order valence-corrected chi connectivity index (χ3v) is 8.05. The van der Waals surface area contributed by atoms with Crippen molar-refractivity contribution in [2.24, 2.45) is 5.92 Å². The van der Waals surface area contributed by atoms with Crippen molar-refractivity contribution in [2.45, 2.75) is 58.2 Å². The van der Waals surface area contributed by atoms with E-state index in [0.29, 0.717) is 52.5 Å². The van der Waals surface area contributed by atoms with Crippen LogP contribution < -0.4 is 35.6 Å². The molecule has 0 unspecified atom stereocenters. The lowest BCUT2D eigenvalue weighted by Crippen LogP contribution is -2.50. The van der Waals surface area contributed by atoms with Gasteiger partial charge in [-0.25, -0.2) is 4.79 Å². The number of hydrogen-bond acceptors (Lipinski definition) is 9. The number of ether oxygens (including phenoxy) is 3. The van der Waals surface area contributed by atoms with Gasteiger partial charge in [-0.3, -0.25) is 14.4 Å². The summed E-state index contributed by atoms with van der Waals surface area (Å²) in [6.07, 6.45) is 3.20. The maximum absolute atomic E-state index is 13.7. The van der Waals surface area contributed by atoms with E-state index in [1.807, 2.05) is 26.2 Å². The average molecular weight is 616 g/mol. The molecule has 3 rings (SSSR count). The maximum Gasteiger partial charge on any atom is 0.326 e. The first-order chi connectivity index (χ1) is 20.5. The Bertz CT molecular complexity index is 1410. The molecule has 0 saturated carbocycles. The second-order valence-electron chi connectivity index (χ2n) is 10.6. The van der Waals surface area contributed by atoms with Crippen LogP contribution >= 0.6 is 11.8 Å². The first kappa shape index (κ1) is 33.6. The molecule has 2 amide bonds. The van der Waals surface area contributed by atoms with E-state index < -0.39 is 35.4 Å². The number of nitrogens with one attached hydrogen (secondary N) is 3. The number of thioether (sulfide) groups is 1. The van der Waals surface area contributed by atoms with Gasteiger partial charge >= 0.3 is 5.97 Å². The molecule has 43 heavy (non-hydrogen) atoms. The van der Waals surface area contributed by atoms with E-state index in [2.05, 4.69) is 16.0 Å². The Hall–Kier alpha value is -3.93. The molecule has 0 bridgehead atoms. The van der Waals surface area contributed by atoms with Crippen molar-refractivity contribution in [3.05, 3.63) is 45.6 Å². The summed E-state index contributed by atoms with van der Waals surface area (Å²) in [4.78, 5) is 50.9. The molecule has 1 aliphatic rings. The van der Waals surface area contributed by atoms with Crippen LogP contribution in [0.1, 0.15) is 50.8 Å². The third-order valence-electron chi connectivity index (χ3n) is 7.40. The van der Waals surface area contributed by atoms with Crippen LogP contribution in [0, 0.1) is 5.92 Å². The number of aliphatic carboxylic acids is 1. The van der Waals surface area contributed by atoms with Crippen molar-refractivity contribution < 1.29 is 33.7 Å². The van der Waals surface area contributed by atoms with E-state index in [9.17, 15) is 24.3 Å². The summed E-state index contributed by atoms with van der Waals surface area (Å²) in [7, 11) is 4.58. The standard InChI is InChI=1S/C31H41N3O8S/c1-16(2)27(30(37)34-23(31(38)39)12-13-43-7)33-22-11-9-19-20(15-24(22)36)21(32-17(3)35)10-8-18-14-25(40-4)28(41-5)29(42-6)26(18)19/h9,11,14-16,21,23,27H,8,10,12-13H2,1-7H3,(H,32,35)(H,33,36)(H,34,37)(H,38,39)/t21-,23-,27-/m1/s1. The van der Waals surface area contributed by atoms with Crippen molar-refractivity contribution in [1.82, 2.24) is 10.6 Å². The van der Waals surface area contributed by atoms with E-state index in [4.69, 9.17) is 14.2 Å².